The Labute approximate surface area is 242 Å². The summed E-state index contributed by atoms with van der Waals surface area (Å²) in [6, 6.07) is 14.9. The number of carbonyl (C=O) groups excluding carboxylic acids is 2. The molecule has 0 saturated carbocycles. The quantitative estimate of drug-likeness (QED) is 0.294. The number of anilines is 1. The molecule has 0 aliphatic heterocycles. The summed E-state index contributed by atoms with van der Waals surface area (Å²) in [6.45, 7) is 10.5. The van der Waals surface area contributed by atoms with E-state index in [1.165, 1.54) is 36.2 Å². The number of rotatable bonds is 10. The number of hydrogen-bond donors (Lipinski definition) is 1. The fraction of sp³-hybridized carbons (Fsp3) is 0.400. The van der Waals surface area contributed by atoms with Crippen molar-refractivity contribution in [3.63, 3.8) is 0 Å². The topological polar surface area (TPSA) is 128 Å². The van der Waals surface area contributed by atoms with E-state index in [9.17, 15) is 18.0 Å². The Balaban J connectivity index is 2.02. The molecule has 3 aromatic rings. The summed E-state index contributed by atoms with van der Waals surface area (Å²) in [5, 5.41) is 0.661. The van der Waals surface area contributed by atoms with Crippen LogP contribution in [0.1, 0.15) is 83.2 Å². The van der Waals surface area contributed by atoms with Crippen molar-refractivity contribution in [3.05, 3.63) is 83.8 Å². The molecule has 41 heavy (non-hydrogen) atoms. The smallest absolute Gasteiger partial charge is 0.441 e. The molecule has 1 unspecified atom stereocenters. The molecule has 1 atom stereocenters. The Morgan fingerprint density at radius 3 is 2.24 bits per heavy atom. The van der Waals surface area contributed by atoms with Crippen molar-refractivity contribution in [2.45, 2.75) is 83.3 Å². The predicted octanol–water partition coefficient (Wildman–Crippen LogP) is 5.86. The molecule has 0 aliphatic carbocycles. The Kier molecular flexibility index (Phi) is 10.6. The number of sulfonamides is 1. The van der Waals surface area contributed by atoms with Crippen LogP contribution in [0.2, 0.25) is 0 Å². The summed E-state index contributed by atoms with van der Waals surface area (Å²) < 4.78 is 34.8. The second-order valence-corrected chi connectivity index (χ2v) is 12.3. The summed E-state index contributed by atoms with van der Waals surface area (Å²) in [5.74, 6) is -0.349. The third kappa shape index (κ3) is 9.09. The number of pyridine rings is 2. The molecule has 11 heteroatoms. The van der Waals surface area contributed by atoms with E-state index in [1.807, 2.05) is 12.1 Å². The lowest BCUT2D eigenvalue weighted by atomic mass is 9.92. The molecule has 220 valence electrons. The van der Waals surface area contributed by atoms with Crippen LogP contribution in [0.15, 0.2) is 71.9 Å². The molecule has 0 saturated heterocycles. The molecular weight excluding hydrogens is 544 g/mol. The summed E-state index contributed by atoms with van der Waals surface area (Å²) in [7, 11) is -3.99. The molecule has 0 bridgehead atoms. The average Bonchev–Trinajstić information content (AvgIpc) is 2.92. The molecule has 2 heterocycles. The van der Waals surface area contributed by atoms with E-state index in [-0.39, 0.29) is 17.1 Å². The number of hydroxylamine groups is 1. The van der Waals surface area contributed by atoms with Gasteiger partial charge in [0.25, 0.3) is 0 Å². The Morgan fingerprint density at radius 2 is 1.68 bits per heavy atom. The van der Waals surface area contributed by atoms with Gasteiger partial charge in [0.2, 0.25) is 10.0 Å². The molecule has 0 fully saturated rings. The molecule has 1 amide bonds. The van der Waals surface area contributed by atoms with Crippen molar-refractivity contribution in [1.82, 2.24) is 14.7 Å². The average molecular weight is 583 g/mol. The number of carbonyl (C=O) groups is 2. The van der Waals surface area contributed by atoms with Crippen molar-refractivity contribution in [1.29, 1.82) is 0 Å². The third-order valence-corrected chi connectivity index (χ3v) is 7.68. The van der Waals surface area contributed by atoms with Gasteiger partial charge in [-0.2, -0.15) is 0 Å². The minimum Gasteiger partial charge on any atom is -0.441 e. The number of hydrogen-bond acceptors (Lipinski definition) is 8. The SMILES string of the molecule is CCC(CC)c1ccc(CC(NS(=O)(=O)c2cccnc2)c2cccc(N(OC(C)=O)C(=O)OC(C)(C)C)n2)cc1. The van der Waals surface area contributed by atoms with Gasteiger partial charge in [0, 0.05) is 19.3 Å². The van der Waals surface area contributed by atoms with Crippen LogP contribution in [0.25, 0.3) is 0 Å². The number of nitrogens with zero attached hydrogens (tertiary/aromatic N) is 3. The van der Waals surface area contributed by atoms with Gasteiger partial charge in [-0.15, -0.1) is 0 Å². The molecule has 2 aromatic heterocycles. The molecule has 10 nitrogen and oxygen atoms in total. The number of ether oxygens (including phenoxy) is 1. The second kappa shape index (κ2) is 13.7. The van der Waals surface area contributed by atoms with Crippen molar-refractivity contribution >= 4 is 27.9 Å². The van der Waals surface area contributed by atoms with Crippen LogP contribution < -0.4 is 9.79 Å². The standard InChI is InChI=1S/C30H38N4O6S/c1-7-23(8-2)24-16-14-22(15-17-24)19-27(33-41(37,38)25-11-10-18-31-20-25)26-12-9-13-28(32-26)34(40-21(3)35)29(36)39-30(4,5)6/h9-18,20,23,27,33H,7-8,19H2,1-6H3. The maximum Gasteiger partial charge on any atom is 0.450 e. The summed E-state index contributed by atoms with van der Waals surface area (Å²) >= 11 is 0. The summed E-state index contributed by atoms with van der Waals surface area (Å²) in [6.07, 6.45) is 4.12. The van der Waals surface area contributed by atoms with E-state index >= 15 is 0 Å². The van der Waals surface area contributed by atoms with Gasteiger partial charge in [-0.3, -0.25) is 4.98 Å². The Morgan fingerprint density at radius 1 is 1.00 bits per heavy atom. The second-order valence-electron chi connectivity index (χ2n) is 10.6. The van der Waals surface area contributed by atoms with E-state index in [4.69, 9.17) is 9.57 Å². The predicted molar refractivity (Wildman–Crippen MR) is 155 cm³/mol. The van der Waals surface area contributed by atoms with Crippen molar-refractivity contribution in [2.75, 3.05) is 5.06 Å². The van der Waals surface area contributed by atoms with Gasteiger partial charge in [-0.25, -0.2) is 27.7 Å². The van der Waals surface area contributed by atoms with Gasteiger partial charge in [-0.05, 0) is 81.3 Å². The highest BCUT2D eigenvalue weighted by Gasteiger charge is 2.29. The zero-order valence-corrected chi connectivity index (χ0v) is 25.1. The highest BCUT2D eigenvalue weighted by molar-refractivity contribution is 7.89. The van der Waals surface area contributed by atoms with Gasteiger partial charge in [-0.1, -0.05) is 49.2 Å². The molecule has 0 radical (unpaired) electrons. The molecular formula is C30H38N4O6S. The lowest BCUT2D eigenvalue weighted by Gasteiger charge is -2.26. The number of amides is 1. The largest absolute Gasteiger partial charge is 0.450 e. The normalized spacial score (nSPS) is 12.6. The van der Waals surface area contributed by atoms with Crippen molar-refractivity contribution < 1.29 is 27.6 Å². The van der Waals surface area contributed by atoms with Crippen LogP contribution in [0.4, 0.5) is 10.6 Å². The first-order valence-corrected chi connectivity index (χ1v) is 15.0. The van der Waals surface area contributed by atoms with E-state index in [0.717, 1.165) is 25.3 Å². The Bertz CT molecular complexity index is 1420. The highest BCUT2D eigenvalue weighted by atomic mass is 32.2. The minimum atomic E-state index is -3.99. The Hall–Kier alpha value is -3.83. The van der Waals surface area contributed by atoms with E-state index in [2.05, 4.69) is 40.7 Å². The van der Waals surface area contributed by atoms with Crippen LogP contribution in [-0.2, 0) is 30.8 Å². The van der Waals surface area contributed by atoms with Gasteiger partial charge in [0.1, 0.15) is 10.5 Å². The maximum absolute atomic E-state index is 13.3. The summed E-state index contributed by atoms with van der Waals surface area (Å²) in [4.78, 5) is 38.3. The van der Waals surface area contributed by atoms with Gasteiger partial charge >= 0.3 is 12.1 Å². The molecule has 1 N–H and O–H groups in total. The number of nitrogens with one attached hydrogen (secondary N) is 1. The minimum absolute atomic E-state index is 0.000491. The molecule has 3 rings (SSSR count). The van der Waals surface area contributed by atoms with Crippen LogP contribution in [0, 0.1) is 0 Å². The van der Waals surface area contributed by atoms with Crippen LogP contribution in [-0.4, -0.2) is 36.0 Å². The zero-order chi connectivity index (χ0) is 30.2. The monoisotopic (exact) mass is 582 g/mol. The lowest BCUT2D eigenvalue weighted by Crippen LogP contribution is -2.39. The number of benzene rings is 1. The molecule has 0 spiro atoms. The first-order chi connectivity index (χ1) is 19.3. The van der Waals surface area contributed by atoms with E-state index in [1.54, 1.807) is 32.9 Å². The maximum atomic E-state index is 13.3. The van der Waals surface area contributed by atoms with Crippen LogP contribution >= 0.6 is 0 Å². The lowest BCUT2D eigenvalue weighted by molar-refractivity contribution is -0.142. The van der Waals surface area contributed by atoms with E-state index in [0.29, 0.717) is 16.7 Å². The van der Waals surface area contributed by atoms with Crippen LogP contribution in [0.3, 0.4) is 0 Å². The van der Waals surface area contributed by atoms with Crippen molar-refractivity contribution in [3.8, 4) is 0 Å². The van der Waals surface area contributed by atoms with Gasteiger partial charge < -0.3 is 9.57 Å². The van der Waals surface area contributed by atoms with E-state index < -0.39 is 33.7 Å². The first kappa shape index (κ1) is 31.7. The van der Waals surface area contributed by atoms with Crippen molar-refractivity contribution in [2.24, 2.45) is 0 Å². The number of aromatic nitrogens is 2. The zero-order valence-electron chi connectivity index (χ0n) is 24.3. The third-order valence-electron chi connectivity index (χ3n) is 6.22. The van der Waals surface area contributed by atoms with Gasteiger partial charge in [0.05, 0.1) is 11.7 Å². The highest BCUT2D eigenvalue weighted by Crippen LogP contribution is 2.27. The fourth-order valence-electron chi connectivity index (χ4n) is 4.25. The van der Waals surface area contributed by atoms with Gasteiger partial charge in [0.15, 0.2) is 5.82 Å². The summed E-state index contributed by atoms with van der Waals surface area (Å²) in [5.41, 5.74) is 1.55. The molecule has 1 aromatic carbocycles. The van der Waals surface area contributed by atoms with Crippen LogP contribution in [0.5, 0.6) is 0 Å². The molecule has 0 aliphatic rings. The fourth-order valence-corrected chi connectivity index (χ4v) is 5.42. The first-order valence-electron chi connectivity index (χ1n) is 13.5.